The summed E-state index contributed by atoms with van der Waals surface area (Å²) < 4.78 is 28.9. The Morgan fingerprint density at radius 1 is 1.55 bits per heavy atom. The summed E-state index contributed by atoms with van der Waals surface area (Å²) in [5.41, 5.74) is 0. The van der Waals surface area contributed by atoms with Crippen LogP contribution in [-0.4, -0.2) is 30.7 Å². The van der Waals surface area contributed by atoms with Crippen molar-refractivity contribution in [1.82, 2.24) is 0 Å². The molecular weight excluding hydrogens is 176 g/mol. The molecule has 0 aromatic carbocycles. The maximum atomic E-state index is 10.5. The van der Waals surface area contributed by atoms with Crippen LogP contribution < -0.4 is 0 Å². The van der Waals surface area contributed by atoms with Crippen LogP contribution in [0.4, 0.5) is 0 Å². The summed E-state index contributed by atoms with van der Waals surface area (Å²) >= 11 is 0. The standard InChI is InChI=1S/C4H8O6S/c1-2-3-4(5,6)10-11(7,8)9-3/h3,5-6H,2H2,1H3. The molecule has 0 aromatic rings. The van der Waals surface area contributed by atoms with E-state index in [1.165, 1.54) is 6.92 Å². The van der Waals surface area contributed by atoms with E-state index in [0.29, 0.717) is 0 Å². The van der Waals surface area contributed by atoms with Crippen LogP contribution in [0.1, 0.15) is 13.3 Å². The van der Waals surface area contributed by atoms with E-state index >= 15 is 0 Å². The summed E-state index contributed by atoms with van der Waals surface area (Å²) in [4.78, 5) is 0. The molecule has 0 amide bonds. The van der Waals surface area contributed by atoms with Crippen molar-refractivity contribution in [2.75, 3.05) is 0 Å². The van der Waals surface area contributed by atoms with Gasteiger partial charge in [-0.15, -0.1) is 0 Å². The molecule has 1 fully saturated rings. The molecule has 0 spiro atoms. The summed E-state index contributed by atoms with van der Waals surface area (Å²) in [7, 11) is -4.22. The molecule has 0 radical (unpaired) electrons. The van der Waals surface area contributed by atoms with Crippen molar-refractivity contribution >= 4 is 10.4 Å². The largest absolute Gasteiger partial charge is 0.405 e. The van der Waals surface area contributed by atoms with Gasteiger partial charge >= 0.3 is 16.4 Å². The first-order valence-electron chi connectivity index (χ1n) is 2.96. The molecule has 0 aliphatic carbocycles. The maximum absolute atomic E-state index is 10.5. The highest BCUT2D eigenvalue weighted by molar-refractivity contribution is 7.82. The van der Waals surface area contributed by atoms with Crippen LogP contribution >= 0.6 is 0 Å². The van der Waals surface area contributed by atoms with Gasteiger partial charge in [-0.2, -0.15) is 12.6 Å². The van der Waals surface area contributed by atoms with Gasteiger partial charge in [0, 0.05) is 0 Å². The molecule has 11 heavy (non-hydrogen) atoms. The van der Waals surface area contributed by atoms with Crippen molar-refractivity contribution in [3.63, 3.8) is 0 Å². The molecule has 6 nitrogen and oxygen atoms in total. The fourth-order valence-corrected chi connectivity index (χ4v) is 1.76. The van der Waals surface area contributed by atoms with Gasteiger partial charge in [0.1, 0.15) is 0 Å². The second-order valence-electron chi connectivity index (χ2n) is 2.14. The third-order valence-corrected chi connectivity index (χ3v) is 2.17. The van der Waals surface area contributed by atoms with Crippen molar-refractivity contribution in [1.29, 1.82) is 0 Å². The Morgan fingerprint density at radius 3 is 2.27 bits per heavy atom. The van der Waals surface area contributed by atoms with Gasteiger partial charge in [-0.1, -0.05) is 6.92 Å². The van der Waals surface area contributed by atoms with Gasteiger partial charge in [-0.05, 0) is 6.42 Å². The molecule has 1 aliphatic heterocycles. The van der Waals surface area contributed by atoms with Gasteiger partial charge in [0.2, 0.25) is 0 Å². The zero-order valence-electron chi connectivity index (χ0n) is 5.72. The van der Waals surface area contributed by atoms with Crippen LogP contribution in [0, 0.1) is 0 Å². The monoisotopic (exact) mass is 184 g/mol. The Bertz CT molecular complexity index is 241. The topological polar surface area (TPSA) is 93.1 Å². The van der Waals surface area contributed by atoms with E-state index in [1.54, 1.807) is 0 Å². The molecule has 0 saturated carbocycles. The first-order chi connectivity index (χ1) is 4.87. The van der Waals surface area contributed by atoms with Crippen LogP contribution in [0.25, 0.3) is 0 Å². The van der Waals surface area contributed by atoms with Crippen LogP contribution in [0.15, 0.2) is 0 Å². The fourth-order valence-electron chi connectivity index (χ4n) is 0.762. The molecule has 1 heterocycles. The minimum Gasteiger partial charge on any atom is -0.340 e. The van der Waals surface area contributed by atoms with Gasteiger partial charge in [0.25, 0.3) is 0 Å². The van der Waals surface area contributed by atoms with E-state index in [2.05, 4.69) is 8.37 Å². The lowest BCUT2D eigenvalue weighted by atomic mass is 10.2. The number of aliphatic hydroxyl groups is 2. The molecule has 1 aliphatic rings. The van der Waals surface area contributed by atoms with Crippen molar-refractivity contribution in [3.05, 3.63) is 0 Å². The average molecular weight is 184 g/mol. The predicted octanol–water partition coefficient (Wildman–Crippen LogP) is -1.31. The first-order valence-corrected chi connectivity index (χ1v) is 4.29. The van der Waals surface area contributed by atoms with Crippen molar-refractivity contribution in [3.8, 4) is 0 Å². The molecule has 1 unspecified atom stereocenters. The Hall–Kier alpha value is -0.210. The van der Waals surface area contributed by atoms with Crippen molar-refractivity contribution in [2.45, 2.75) is 25.4 Å². The van der Waals surface area contributed by atoms with Gasteiger partial charge in [0.05, 0.1) is 0 Å². The minimum absolute atomic E-state index is 0.131. The van der Waals surface area contributed by atoms with Crippen LogP contribution in [0.2, 0.25) is 0 Å². The fraction of sp³-hybridized carbons (Fsp3) is 1.00. The second-order valence-corrected chi connectivity index (χ2v) is 3.32. The summed E-state index contributed by atoms with van der Waals surface area (Å²) in [6.07, 6.45) is -1.11. The molecule has 1 rings (SSSR count). The van der Waals surface area contributed by atoms with E-state index in [4.69, 9.17) is 10.2 Å². The summed E-state index contributed by atoms with van der Waals surface area (Å²) in [5.74, 6) is -2.71. The van der Waals surface area contributed by atoms with Gasteiger partial charge < -0.3 is 10.2 Å². The molecule has 7 heteroatoms. The molecule has 0 aromatic heterocycles. The molecular formula is C4H8O6S. The van der Waals surface area contributed by atoms with Gasteiger partial charge in [-0.3, -0.25) is 0 Å². The highest BCUT2D eigenvalue weighted by Gasteiger charge is 2.50. The average Bonchev–Trinajstić information content (AvgIpc) is 1.99. The third kappa shape index (κ3) is 1.68. The number of hydrogen-bond acceptors (Lipinski definition) is 6. The van der Waals surface area contributed by atoms with E-state index in [0.717, 1.165) is 0 Å². The molecule has 0 bridgehead atoms. The maximum Gasteiger partial charge on any atom is 0.405 e. The molecule has 2 N–H and O–H groups in total. The lowest BCUT2D eigenvalue weighted by Gasteiger charge is -2.15. The van der Waals surface area contributed by atoms with E-state index in [9.17, 15) is 8.42 Å². The highest BCUT2D eigenvalue weighted by Crippen LogP contribution is 2.28. The zero-order valence-corrected chi connectivity index (χ0v) is 6.54. The SMILES string of the molecule is CCC1OS(=O)(=O)OC1(O)O. The van der Waals surface area contributed by atoms with Gasteiger partial charge in [0.15, 0.2) is 6.10 Å². The smallest absolute Gasteiger partial charge is 0.340 e. The second kappa shape index (κ2) is 2.39. The zero-order chi connectivity index (χ0) is 8.70. The van der Waals surface area contributed by atoms with E-state index in [-0.39, 0.29) is 6.42 Å². The minimum atomic E-state index is -4.22. The Balaban J connectivity index is 2.88. The Morgan fingerprint density at radius 2 is 2.09 bits per heavy atom. The summed E-state index contributed by atoms with van der Waals surface area (Å²) in [5, 5.41) is 17.6. The van der Waals surface area contributed by atoms with Crippen molar-refractivity contribution < 1.29 is 27.0 Å². The molecule has 66 valence electrons. The normalized spacial score (nSPS) is 33.9. The van der Waals surface area contributed by atoms with E-state index in [1.807, 2.05) is 0 Å². The number of hydrogen-bond donors (Lipinski definition) is 2. The molecule has 1 atom stereocenters. The lowest BCUT2D eigenvalue weighted by molar-refractivity contribution is -0.304. The quantitative estimate of drug-likeness (QED) is 0.492. The van der Waals surface area contributed by atoms with Crippen molar-refractivity contribution in [2.24, 2.45) is 0 Å². The van der Waals surface area contributed by atoms with Crippen LogP contribution in [0.5, 0.6) is 0 Å². The predicted molar refractivity (Wildman–Crippen MR) is 32.3 cm³/mol. The number of rotatable bonds is 1. The van der Waals surface area contributed by atoms with Gasteiger partial charge in [-0.25, -0.2) is 4.18 Å². The Labute approximate surface area is 63.7 Å². The molecule has 1 saturated heterocycles. The summed E-state index contributed by atoms with van der Waals surface area (Å²) in [6.45, 7) is 1.54. The Kier molecular flexibility index (Phi) is 1.93. The third-order valence-electron chi connectivity index (χ3n) is 1.25. The lowest BCUT2D eigenvalue weighted by Crippen LogP contribution is -2.38. The van der Waals surface area contributed by atoms with Crippen LogP contribution in [0.3, 0.4) is 0 Å². The highest BCUT2D eigenvalue weighted by atomic mass is 32.3. The van der Waals surface area contributed by atoms with Crippen LogP contribution in [-0.2, 0) is 18.8 Å². The first kappa shape index (κ1) is 8.88. The van der Waals surface area contributed by atoms with E-state index < -0.39 is 22.5 Å². The summed E-state index contributed by atoms with van der Waals surface area (Å²) in [6, 6.07) is 0.